The number of benzene rings is 3. The van der Waals surface area contributed by atoms with E-state index in [1.54, 1.807) is 0 Å². The highest BCUT2D eigenvalue weighted by molar-refractivity contribution is 6.30. The van der Waals surface area contributed by atoms with E-state index >= 15 is 0 Å². The standard InChI is InChI=1S/C29H31ClN4O.3ClH/c1-21-27(32-29(31-21)24-13-8-14-25(30)19-24)26(35)20-33-15-17-34(18-16-33)28(22-9-4-2-5-10-22)23-11-6-3-7-12-23;;;/h2-14,19,26,28,35H,15-18,20H2,1H3,(H,31,32);3*1H. The van der Waals surface area contributed by atoms with Crippen LogP contribution >= 0.6 is 48.8 Å². The summed E-state index contributed by atoms with van der Waals surface area (Å²) in [5.74, 6) is 0.734. The van der Waals surface area contributed by atoms with Crippen LogP contribution in [0.1, 0.15) is 34.7 Å². The van der Waals surface area contributed by atoms with Crippen molar-refractivity contribution in [2.75, 3.05) is 32.7 Å². The Labute approximate surface area is 248 Å². The van der Waals surface area contributed by atoms with Crippen molar-refractivity contribution in [3.8, 4) is 11.4 Å². The SMILES string of the molecule is Cc1[nH]c(-c2cccc(Cl)c2)nc1C(O)CN1CCN(C(c2ccccc2)c2ccccc2)CC1.Cl.Cl.Cl. The first kappa shape index (κ1) is 32.1. The second-order valence-electron chi connectivity index (χ2n) is 9.18. The van der Waals surface area contributed by atoms with Crippen molar-refractivity contribution in [3.05, 3.63) is 112 Å². The number of aliphatic hydroxyl groups is 1. The summed E-state index contributed by atoms with van der Waals surface area (Å²) in [6.45, 7) is 6.20. The van der Waals surface area contributed by atoms with Gasteiger partial charge in [-0.2, -0.15) is 0 Å². The number of aromatic nitrogens is 2. The molecule has 2 heterocycles. The van der Waals surface area contributed by atoms with Gasteiger partial charge in [0.1, 0.15) is 11.9 Å². The monoisotopic (exact) mass is 594 g/mol. The molecule has 1 aliphatic rings. The highest BCUT2D eigenvalue weighted by Crippen LogP contribution is 2.30. The Balaban J connectivity index is 0.00000169. The maximum atomic E-state index is 11.0. The number of piperazine rings is 1. The predicted octanol–water partition coefficient (Wildman–Crippen LogP) is 6.74. The lowest BCUT2D eigenvalue weighted by molar-refractivity contribution is 0.0606. The molecule has 4 aromatic rings. The van der Waals surface area contributed by atoms with E-state index in [0.717, 1.165) is 43.3 Å². The first-order valence-electron chi connectivity index (χ1n) is 12.2. The van der Waals surface area contributed by atoms with Gasteiger partial charge in [0, 0.05) is 49.0 Å². The molecule has 1 aliphatic heterocycles. The van der Waals surface area contributed by atoms with E-state index in [2.05, 4.69) is 75.4 Å². The van der Waals surface area contributed by atoms with Crippen LogP contribution in [-0.4, -0.2) is 57.6 Å². The fourth-order valence-corrected chi connectivity index (χ4v) is 5.18. The molecule has 1 atom stereocenters. The van der Waals surface area contributed by atoms with Crippen LogP contribution in [0.5, 0.6) is 0 Å². The zero-order valence-electron chi connectivity index (χ0n) is 21.2. The van der Waals surface area contributed by atoms with Crippen LogP contribution in [0.15, 0.2) is 84.9 Å². The zero-order chi connectivity index (χ0) is 24.2. The summed E-state index contributed by atoms with van der Waals surface area (Å²) in [5, 5.41) is 11.7. The zero-order valence-corrected chi connectivity index (χ0v) is 24.4. The van der Waals surface area contributed by atoms with E-state index in [4.69, 9.17) is 16.6 Å². The summed E-state index contributed by atoms with van der Waals surface area (Å²) in [7, 11) is 0. The van der Waals surface area contributed by atoms with Crippen LogP contribution in [-0.2, 0) is 0 Å². The molecule has 2 N–H and O–H groups in total. The molecule has 0 spiro atoms. The van der Waals surface area contributed by atoms with Gasteiger partial charge in [-0.1, -0.05) is 84.4 Å². The molecular weight excluding hydrogens is 562 g/mol. The van der Waals surface area contributed by atoms with E-state index < -0.39 is 6.10 Å². The number of nitrogens with zero attached hydrogens (tertiary/aromatic N) is 3. The Bertz CT molecular complexity index is 1210. The second kappa shape index (κ2) is 14.9. The van der Waals surface area contributed by atoms with E-state index in [-0.39, 0.29) is 43.3 Å². The number of aryl methyl sites for hydroxylation is 1. The van der Waals surface area contributed by atoms with Crippen LogP contribution in [0, 0.1) is 6.92 Å². The van der Waals surface area contributed by atoms with Gasteiger partial charge in [-0.05, 0) is 30.2 Å². The van der Waals surface area contributed by atoms with Gasteiger partial charge in [-0.25, -0.2) is 4.98 Å². The third kappa shape index (κ3) is 7.51. The molecule has 3 aromatic carbocycles. The Hall–Kier alpha value is -2.09. The number of imidazole rings is 1. The largest absolute Gasteiger partial charge is 0.385 e. The highest BCUT2D eigenvalue weighted by Gasteiger charge is 2.28. The van der Waals surface area contributed by atoms with Crippen molar-refractivity contribution >= 4 is 48.8 Å². The summed E-state index contributed by atoms with van der Waals surface area (Å²) < 4.78 is 0. The van der Waals surface area contributed by atoms with Crippen molar-refractivity contribution in [2.24, 2.45) is 0 Å². The fraction of sp³-hybridized carbons (Fsp3) is 0.276. The Morgan fingerprint density at radius 2 is 1.42 bits per heavy atom. The molecule has 0 amide bonds. The van der Waals surface area contributed by atoms with Gasteiger partial charge in [0.15, 0.2) is 0 Å². The van der Waals surface area contributed by atoms with E-state index in [1.165, 1.54) is 11.1 Å². The molecule has 1 fully saturated rings. The van der Waals surface area contributed by atoms with Gasteiger partial charge >= 0.3 is 0 Å². The topological polar surface area (TPSA) is 55.4 Å². The summed E-state index contributed by atoms with van der Waals surface area (Å²) in [5.41, 5.74) is 5.13. The van der Waals surface area contributed by atoms with Gasteiger partial charge in [0.25, 0.3) is 0 Å². The summed E-state index contributed by atoms with van der Waals surface area (Å²) in [4.78, 5) is 12.9. The number of H-pyrrole nitrogens is 1. The third-order valence-corrected chi connectivity index (χ3v) is 7.00. The summed E-state index contributed by atoms with van der Waals surface area (Å²) in [6, 6.07) is 29.3. The van der Waals surface area contributed by atoms with E-state index in [9.17, 15) is 5.11 Å². The summed E-state index contributed by atoms with van der Waals surface area (Å²) >= 11 is 6.14. The van der Waals surface area contributed by atoms with Crippen molar-refractivity contribution in [2.45, 2.75) is 19.1 Å². The van der Waals surface area contributed by atoms with Crippen LogP contribution in [0.2, 0.25) is 5.02 Å². The maximum Gasteiger partial charge on any atom is 0.137 e. The van der Waals surface area contributed by atoms with Gasteiger partial charge in [0.2, 0.25) is 0 Å². The number of nitrogens with one attached hydrogen (secondary N) is 1. The van der Waals surface area contributed by atoms with Crippen molar-refractivity contribution in [1.82, 2.24) is 19.8 Å². The van der Waals surface area contributed by atoms with Crippen LogP contribution in [0.4, 0.5) is 0 Å². The van der Waals surface area contributed by atoms with Gasteiger partial charge in [0.05, 0.1) is 11.7 Å². The number of aliphatic hydroxyl groups excluding tert-OH is 1. The number of hydrogen-bond donors (Lipinski definition) is 2. The van der Waals surface area contributed by atoms with E-state index in [1.807, 2.05) is 31.2 Å². The van der Waals surface area contributed by atoms with Crippen molar-refractivity contribution < 1.29 is 5.11 Å². The predicted molar refractivity (Wildman–Crippen MR) is 163 cm³/mol. The van der Waals surface area contributed by atoms with Crippen LogP contribution in [0.3, 0.4) is 0 Å². The average molecular weight is 596 g/mol. The minimum Gasteiger partial charge on any atom is -0.385 e. The number of aromatic amines is 1. The number of β-amino-alcohol motifs (C(OH)–C–C–N with tert-alkyl or cyclic N) is 1. The Kier molecular flexibility index (Phi) is 12.6. The maximum absolute atomic E-state index is 11.0. The average Bonchev–Trinajstić information content (AvgIpc) is 3.28. The molecule has 0 saturated carbocycles. The first-order valence-corrected chi connectivity index (χ1v) is 12.5. The second-order valence-corrected chi connectivity index (χ2v) is 9.62. The minimum atomic E-state index is -0.648. The molecule has 204 valence electrons. The molecule has 5 nitrogen and oxygen atoms in total. The molecule has 1 saturated heterocycles. The lowest BCUT2D eigenvalue weighted by Crippen LogP contribution is -2.48. The fourth-order valence-electron chi connectivity index (χ4n) is 4.99. The lowest BCUT2D eigenvalue weighted by Gasteiger charge is -2.40. The molecule has 0 aliphatic carbocycles. The molecule has 38 heavy (non-hydrogen) atoms. The minimum absolute atomic E-state index is 0. The van der Waals surface area contributed by atoms with Gasteiger partial charge < -0.3 is 10.1 Å². The quantitative estimate of drug-likeness (QED) is 0.248. The molecular formula is C29H34Cl4N4O. The molecule has 1 aromatic heterocycles. The van der Waals surface area contributed by atoms with Crippen molar-refractivity contribution in [1.29, 1.82) is 0 Å². The van der Waals surface area contributed by atoms with Gasteiger partial charge in [-0.3, -0.25) is 9.80 Å². The normalized spacial score (nSPS) is 14.7. The number of halogens is 4. The van der Waals surface area contributed by atoms with Gasteiger partial charge in [-0.15, -0.1) is 37.2 Å². The van der Waals surface area contributed by atoms with Crippen LogP contribution < -0.4 is 0 Å². The smallest absolute Gasteiger partial charge is 0.137 e. The highest BCUT2D eigenvalue weighted by atomic mass is 35.5. The van der Waals surface area contributed by atoms with Crippen LogP contribution in [0.25, 0.3) is 11.4 Å². The first-order chi connectivity index (χ1) is 17.1. The molecule has 1 unspecified atom stereocenters. The Morgan fingerprint density at radius 1 is 0.842 bits per heavy atom. The number of rotatable bonds is 7. The van der Waals surface area contributed by atoms with Crippen molar-refractivity contribution in [3.63, 3.8) is 0 Å². The Morgan fingerprint density at radius 3 is 1.97 bits per heavy atom. The third-order valence-electron chi connectivity index (χ3n) is 6.77. The molecule has 5 rings (SSSR count). The molecule has 0 bridgehead atoms. The number of hydrogen-bond acceptors (Lipinski definition) is 4. The molecule has 0 radical (unpaired) electrons. The lowest BCUT2D eigenvalue weighted by atomic mass is 9.96. The summed E-state index contributed by atoms with van der Waals surface area (Å²) in [6.07, 6.45) is -0.648. The molecule has 9 heteroatoms. The van der Waals surface area contributed by atoms with E-state index in [0.29, 0.717) is 17.3 Å².